The summed E-state index contributed by atoms with van der Waals surface area (Å²) in [6.07, 6.45) is 3.97. The molecule has 1 aromatic rings. The molecule has 0 radical (unpaired) electrons. The highest BCUT2D eigenvalue weighted by Gasteiger charge is 2.26. The van der Waals surface area contributed by atoms with E-state index in [2.05, 4.69) is 29.4 Å². The molecule has 1 unspecified atom stereocenters. The van der Waals surface area contributed by atoms with Crippen molar-refractivity contribution in [2.24, 2.45) is 0 Å². The van der Waals surface area contributed by atoms with Gasteiger partial charge in [-0.05, 0) is 55.8 Å². The van der Waals surface area contributed by atoms with Gasteiger partial charge in [0, 0.05) is 35.1 Å². The molecular weight excluding hydrogens is 276 g/mol. The molecule has 0 spiro atoms. The summed E-state index contributed by atoms with van der Waals surface area (Å²) in [4.78, 5) is 3.87. The third-order valence-corrected chi connectivity index (χ3v) is 5.39. The third-order valence-electron chi connectivity index (χ3n) is 4.04. The van der Waals surface area contributed by atoms with Crippen molar-refractivity contribution in [3.8, 4) is 0 Å². The molecule has 0 bridgehead atoms. The fourth-order valence-corrected chi connectivity index (χ4v) is 3.98. The average molecular weight is 297 g/mol. The summed E-state index contributed by atoms with van der Waals surface area (Å²) in [6.45, 7) is 2.21. The van der Waals surface area contributed by atoms with Gasteiger partial charge in [0.1, 0.15) is 0 Å². The molecule has 1 atom stereocenters. The van der Waals surface area contributed by atoms with Crippen LogP contribution in [0.3, 0.4) is 0 Å². The zero-order valence-electron chi connectivity index (χ0n) is 11.4. The first-order valence-corrected chi connectivity index (χ1v) is 8.46. The van der Waals surface area contributed by atoms with Crippen LogP contribution in [0.4, 0.5) is 0 Å². The zero-order chi connectivity index (χ0) is 13.2. The van der Waals surface area contributed by atoms with E-state index >= 15 is 0 Å². The van der Waals surface area contributed by atoms with Crippen LogP contribution in [0.2, 0.25) is 5.02 Å². The molecule has 1 aliphatic heterocycles. The predicted octanol–water partition coefficient (Wildman–Crippen LogP) is 3.56. The van der Waals surface area contributed by atoms with Gasteiger partial charge in [-0.25, -0.2) is 0 Å². The quantitative estimate of drug-likeness (QED) is 0.894. The van der Waals surface area contributed by atoms with Crippen LogP contribution in [0.1, 0.15) is 30.9 Å². The highest BCUT2D eigenvalue weighted by molar-refractivity contribution is 7.99. The molecule has 1 saturated carbocycles. The normalized spacial score (nSPS) is 22.6. The van der Waals surface area contributed by atoms with Gasteiger partial charge in [0.2, 0.25) is 0 Å². The SMILES string of the molecule is CN(CCNC1CCSc2ccc(Cl)cc21)C1CC1. The van der Waals surface area contributed by atoms with Gasteiger partial charge in [-0.15, -0.1) is 11.8 Å². The van der Waals surface area contributed by atoms with Crippen LogP contribution >= 0.6 is 23.4 Å². The van der Waals surface area contributed by atoms with Crippen molar-refractivity contribution in [2.45, 2.75) is 36.2 Å². The number of fused-ring (bicyclic) bond motifs is 1. The topological polar surface area (TPSA) is 15.3 Å². The lowest BCUT2D eigenvalue weighted by atomic mass is 10.0. The van der Waals surface area contributed by atoms with E-state index < -0.39 is 0 Å². The Hall–Kier alpha value is -0.220. The molecule has 1 heterocycles. The fourth-order valence-electron chi connectivity index (χ4n) is 2.69. The number of halogens is 1. The van der Waals surface area contributed by atoms with Crippen LogP contribution in [-0.2, 0) is 0 Å². The third kappa shape index (κ3) is 3.46. The van der Waals surface area contributed by atoms with Gasteiger partial charge >= 0.3 is 0 Å². The van der Waals surface area contributed by atoms with Crippen LogP contribution in [0, 0.1) is 0 Å². The molecular formula is C15H21ClN2S. The van der Waals surface area contributed by atoms with Crippen molar-refractivity contribution in [2.75, 3.05) is 25.9 Å². The second kappa shape index (κ2) is 6.04. The standard InChI is InChI=1S/C15H21ClN2S/c1-18(12-3-4-12)8-7-17-14-6-9-19-15-5-2-11(16)10-13(14)15/h2,5,10,12,14,17H,3-4,6-9H2,1H3. The van der Waals surface area contributed by atoms with E-state index in [1.807, 2.05) is 17.8 Å². The van der Waals surface area contributed by atoms with Crippen molar-refractivity contribution in [1.82, 2.24) is 10.2 Å². The minimum Gasteiger partial charge on any atom is -0.309 e. The minimum atomic E-state index is 0.475. The second-order valence-electron chi connectivity index (χ2n) is 5.54. The summed E-state index contributed by atoms with van der Waals surface area (Å²) in [5.41, 5.74) is 1.39. The molecule has 2 aliphatic rings. The smallest absolute Gasteiger partial charge is 0.0410 e. The van der Waals surface area contributed by atoms with Crippen molar-refractivity contribution in [1.29, 1.82) is 0 Å². The number of thioether (sulfide) groups is 1. The van der Waals surface area contributed by atoms with Gasteiger partial charge in [-0.1, -0.05) is 11.6 Å². The molecule has 1 aromatic carbocycles. The number of nitrogens with zero attached hydrogens (tertiary/aromatic N) is 1. The zero-order valence-corrected chi connectivity index (χ0v) is 12.9. The number of likely N-dealkylation sites (N-methyl/N-ethyl adjacent to an activating group) is 1. The second-order valence-corrected chi connectivity index (χ2v) is 7.11. The number of hydrogen-bond donors (Lipinski definition) is 1. The Labute approximate surface area is 124 Å². The Morgan fingerprint density at radius 2 is 2.21 bits per heavy atom. The molecule has 1 fully saturated rings. The van der Waals surface area contributed by atoms with Crippen LogP contribution in [0.15, 0.2) is 23.1 Å². The van der Waals surface area contributed by atoms with Crippen molar-refractivity contribution in [3.63, 3.8) is 0 Å². The lowest BCUT2D eigenvalue weighted by Gasteiger charge is -2.27. The summed E-state index contributed by atoms with van der Waals surface area (Å²) >= 11 is 8.08. The Bertz CT molecular complexity index is 448. The maximum absolute atomic E-state index is 6.13. The van der Waals surface area contributed by atoms with Crippen LogP contribution in [0.5, 0.6) is 0 Å². The maximum Gasteiger partial charge on any atom is 0.0410 e. The molecule has 0 aromatic heterocycles. The van der Waals surface area contributed by atoms with Gasteiger partial charge in [0.25, 0.3) is 0 Å². The monoisotopic (exact) mass is 296 g/mol. The van der Waals surface area contributed by atoms with Gasteiger partial charge in [-0.2, -0.15) is 0 Å². The summed E-state index contributed by atoms with van der Waals surface area (Å²) < 4.78 is 0. The van der Waals surface area contributed by atoms with Gasteiger partial charge < -0.3 is 10.2 Å². The van der Waals surface area contributed by atoms with Gasteiger partial charge in [0.05, 0.1) is 0 Å². The highest BCUT2D eigenvalue weighted by atomic mass is 35.5. The Morgan fingerprint density at radius 3 is 3.00 bits per heavy atom. The molecule has 0 amide bonds. The van der Waals surface area contributed by atoms with Crippen LogP contribution in [-0.4, -0.2) is 36.8 Å². The van der Waals surface area contributed by atoms with E-state index in [1.54, 1.807) is 0 Å². The first kappa shape index (κ1) is 13.7. The Morgan fingerprint density at radius 1 is 1.37 bits per heavy atom. The Kier molecular flexibility index (Phi) is 4.37. The molecule has 0 saturated heterocycles. The first-order valence-electron chi connectivity index (χ1n) is 7.10. The summed E-state index contributed by atoms with van der Waals surface area (Å²) in [7, 11) is 2.24. The summed E-state index contributed by atoms with van der Waals surface area (Å²) in [5, 5.41) is 4.56. The molecule has 2 nitrogen and oxygen atoms in total. The van der Waals surface area contributed by atoms with Gasteiger partial charge in [-0.3, -0.25) is 0 Å². The fraction of sp³-hybridized carbons (Fsp3) is 0.600. The molecule has 19 heavy (non-hydrogen) atoms. The van der Waals surface area contributed by atoms with E-state index in [0.717, 1.165) is 24.2 Å². The molecule has 3 rings (SSSR count). The molecule has 4 heteroatoms. The van der Waals surface area contributed by atoms with Gasteiger partial charge in [0.15, 0.2) is 0 Å². The van der Waals surface area contributed by atoms with Crippen LogP contribution < -0.4 is 5.32 Å². The Balaban J connectivity index is 1.58. The molecule has 1 N–H and O–H groups in total. The average Bonchev–Trinajstić information content (AvgIpc) is 3.23. The summed E-state index contributed by atoms with van der Waals surface area (Å²) in [6, 6.07) is 7.61. The van der Waals surface area contributed by atoms with E-state index in [0.29, 0.717) is 6.04 Å². The minimum absolute atomic E-state index is 0.475. The lowest BCUT2D eigenvalue weighted by molar-refractivity contribution is 0.313. The highest BCUT2D eigenvalue weighted by Crippen LogP contribution is 2.37. The summed E-state index contributed by atoms with van der Waals surface area (Å²) in [5.74, 6) is 1.20. The van der Waals surface area contributed by atoms with E-state index in [9.17, 15) is 0 Å². The molecule has 1 aliphatic carbocycles. The largest absolute Gasteiger partial charge is 0.309 e. The number of rotatable bonds is 5. The van der Waals surface area contributed by atoms with Crippen LogP contribution in [0.25, 0.3) is 0 Å². The lowest BCUT2D eigenvalue weighted by Crippen LogP contribution is -2.33. The predicted molar refractivity (Wildman–Crippen MR) is 83.2 cm³/mol. The van der Waals surface area contributed by atoms with Crippen molar-refractivity contribution < 1.29 is 0 Å². The number of benzene rings is 1. The number of hydrogen-bond acceptors (Lipinski definition) is 3. The van der Waals surface area contributed by atoms with E-state index in [1.165, 1.54) is 35.5 Å². The van der Waals surface area contributed by atoms with Crippen molar-refractivity contribution in [3.05, 3.63) is 28.8 Å². The van der Waals surface area contributed by atoms with E-state index in [-0.39, 0.29) is 0 Å². The van der Waals surface area contributed by atoms with E-state index in [4.69, 9.17) is 11.6 Å². The number of nitrogens with one attached hydrogen (secondary N) is 1. The van der Waals surface area contributed by atoms with Crippen molar-refractivity contribution >= 4 is 23.4 Å². The molecule has 104 valence electrons. The maximum atomic E-state index is 6.13. The first-order chi connectivity index (χ1) is 9.24.